The molecular formula is C22H14ClF6N5O2. The Kier molecular flexibility index (Phi) is 5.35. The first kappa shape index (κ1) is 21.4. The highest BCUT2D eigenvalue weighted by molar-refractivity contribution is 6.29. The third-order valence-electron chi connectivity index (χ3n) is 5.05. The number of nitrogen functional groups attached to an aromatic ring is 1. The molecule has 4 aromatic rings. The number of benzene rings is 2. The lowest BCUT2D eigenvalue weighted by molar-refractivity contribution is -0.138. The van der Waals surface area contributed by atoms with Crippen molar-refractivity contribution in [2.24, 2.45) is 0 Å². The minimum atomic E-state index is -4.99. The first-order chi connectivity index (χ1) is 18.0. The van der Waals surface area contributed by atoms with Gasteiger partial charge in [0.05, 0.1) is 17.4 Å². The van der Waals surface area contributed by atoms with E-state index in [-0.39, 0.29) is 22.6 Å². The fourth-order valence-corrected chi connectivity index (χ4v) is 3.62. The predicted molar refractivity (Wildman–Crippen MR) is 117 cm³/mol. The zero-order valence-corrected chi connectivity index (χ0v) is 18.2. The van der Waals surface area contributed by atoms with Gasteiger partial charge in [0.2, 0.25) is 0 Å². The number of aryl methyl sites for hydroxylation is 1. The van der Waals surface area contributed by atoms with Gasteiger partial charge in [-0.1, -0.05) is 11.6 Å². The molecule has 7 nitrogen and oxygen atoms in total. The molecule has 0 unspecified atom stereocenters. The number of hydrogen-bond donors (Lipinski definition) is 3. The third-order valence-corrected chi connectivity index (χ3v) is 5.32. The number of hydrogen-bond acceptors (Lipinski definition) is 5. The zero-order valence-electron chi connectivity index (χ0n) is 20.5. The number of aliphatic hydroxyl groups is 1. The number of nitrogens with zero attached hydrogens (tertiary/aromatic N) is 3. The molecule has 0 bridgehead atoms. The van der Waals surface area contributed by atoms with Gasteiger partial charge in [-0.05, 0) is 42.7 Å². The fourth-order valence-electron chi connectivity index (χ4n) is 3.41. The number of anilines is 2. The van der Waals surface area contributed by atoms with Gasteiger partial charge >= 0.3 is 6.18 Å². The van der Waals surface area contributed by atoms with Gasteiger partial charge < -0.3 is 16.2 Å². The maximum absolute atomic E-state index is 15.2. The van der Waals surface area contributed by atoms with E-state index in [1.54, 1.807) is 0 Å². The normalized spacial score (nSPS) is 14.3. The van der Waals surface area contributed by atoms with E-state index >= 15 is 4.39 Å². The number of aromatic nitrogens is 3. The summed E-state index contributed by atoms with van der Waals surface area (Å²) in [4.78, 5) is 20.1. The van der Waals surface area contributed by atoms with Crippen LogP contribution in [0.4, 0.5) is 37.8 Å². The van der Waals surface area contributed by atoms with Crippen molar-refractivity contribution in [2.75, 3.05) is 11.1 Å². The van der Waals surface area contributed by atoms with Crippen LogP contribution >= 0.6 is 11.6 Å². The van der Waals surface area contributed by atoms with Crippen LogP contribution in [0.5, 0.6) is 0 Å². The number of aliphatic hydroxyl groups excluding tert-OH is 1. The van der Waals surface area contributed by atoms with Gasteiger partial charge in [0.15, 0.2) is 17.7 Å². The Morgan fingerprint density at radius 2 is 1.94 bits per heavy atom. The number of carbonyl (C=O) groups excluding carboxylic acids is 1. The Labute approximate surface area is 207 Å². The van der Waals surface area contributed by atoms with Crippen molar-refractivity contribution in [1.82, 2.24) is 14.4 Å². The van der Waals surface area contributed by atoms with E-state index in [4.69, 9.17) is 21.4 Å². The van der Waals surface area contributed by atoms with Crippen LogP contribution in [0.15, 0.2) is 36.5 Å². The Morgan fingerprint density at radius 1 is 1.22 bits per heavy atom. The number of alkyl halides is 3. The summed E-state index contributed by atoms with van der Waals surface area (Å²) < 4.78 is 107. The van der Waals surface area contributed by atoms with E-state index in [2.05, 4.69) is 9.97 Å². The van der Waals surface area contributed by atoms with Crippen molar-refractivity contribution in [1.29, 1.82) is 0 Å². The van der Waals surface area contributed by atoms with Gasteiger partial charge in [0.25, 0.3) is 5.91 Å². The molecule has 2 heterocycles. The van der Waals surface area contributed by atoms with Crippen LogP contribution in [-0.4, -0.2) is 25.4 Å². The van der Waals surface area contributed by atoms with Crippen molar-refractivity contribution in [3.05, 3.63) is 76.1 Å². The largest absolute Gasteiger partial charge is 0.416 e. The first-order valence-corrected chi connectivity index (χ1v) is 10.1. The van der Waals surface area contributed by atoms with Gasteiger partial charge in [-0.3, -0.25) is 9.20 Å². The van der Waals surface area contributed by atoms with E-state index in [1.165, 1.54) is 0 Å². The quantitative estimate of drug-likeness (QED) is 0.319. The van der Waals surface area contributed by atoms with Crippen molar-refractivity contribution in [3.63, 3.8) is 0 Å². The zero-order chi connectivity index (χ0) is 29.0. The number of amides is 1. The first-order valence-electron chi connectivity index (χ1n) is 11.2. The van der Waals surface area contributed by atoms with Gasteiger partial charge in [0.1, 0.15) is 33.8 Å². The van der Waals surface area contributed by atoms with Crippen LogP contribution in [0.1, 0.15) is 27.2 Å². The number of rotatable bonds is 4. The van der Waals surface area contributed by atoms with Crippen molar-refractivity contribution >= 4 is 34.5 Å². The molecule has 1 amide bonds. The fraction of sp³-hybridized carbons (Fsp3) is 0.136. The highest BCUT2D eigenvalue weighted by atomic mass is 35.5. The molecule has 0 fully saturated rings. The molecule has 0 radical (unpaired) electrons. The maximum atomic E-state index is 15.2. The van der Waals surface area contributed by atoms with Crippen LogP contribution < -0.4 is 11.1 Å². The Hall–Kier alpha value is -3.84. The molecule has 188 valence electrons. The molecule has 4 N–H and O–H groups in total. The average Bonchev–Trinajstić information content (AvgIpc) is 3.25. The van der Waals surface area contributed by atoms with Crippen LogP contribution in [0, 0.1) is 24.3 Å². The monoisotopic (exact) mass is 532 g/mol. The predicted octanol–water partition coefficient (Wildman–Crippen LogP) is 5.05. The molecule has 4 rings (SSSR count). The van der Waals surface area contributed by atoms with Crippen LogP contribution in [0.3, 0.4) is 0 Å². The molecule has 0 saturated heterocycles. The lowest BCUT2D eigenvalue weighted by Gasteiger charge is -2.15. The summed E-state index contributed by atoms with van der Waals surface area (Å²) in [7, 11) is 0. The second kappa shape index (κ2) is 8.99. The van der Waals surface area contributed by atoms with E-state index in [0.717, 1.165) is 22.7 Å². The summed E-state index contributed by atoms with van der Waals surface area (Å²) in [6.07, 6.45) is -6.35. The standard InChI is InChI=1S/C22H14ClF6N5O2/c1-8-32-17(18-20(30)31-7-14(23)34(8)18)12-2-3-13(16(26)15(12)25)33-21(36)19(35)9-4-10(22(27,28)29)6-11(24)5-9/h2-7,19,35H,1H3,(H2,30,31)(H,33,36)/t19-/m0/s1/i1D3. The summed E-state index contributed by atoms with van der Waals surface area (Å²) in [5, 5.41) is 11.7. The molecule has 14 heteroatoms. The molecule has 0 aliphatic carbocycles. The average molecular weight is 533 g/mol. The second-order valence-electron chi connectivity index (χ2n) is 7.39. The summed E-state index contributed by atoms with van der Waals surface area (Å²) in [6.45, 7) is -2.86. The van der Waals surface area contributed by atoms with Gasteiger partial charge in [-0.2, -0.15) is 13.2 Å². The van der Waals surface area contributed by atoms with Gasteiger partial charge in [0, 0.05) is 9.68 Å². The number of nitrogens with one attached hydrogen (secondary N) is 1. The van der Waals surface area contributed by atoms with Crippen molar-refractivity contribution in [2.45, 2.75) is 19.1 Å². The summed E-state index contributed by atoms with van der Waals surface area (Å²) >= 11 is 6.05. The molecule has 0 spiro atoms. The van der Waals surface area contributed by atoms with E-state index in [9.17, 15) is 31.9 Å². The third kappa shape index (κ3) is 4.42. The number of halogens is 7. The molecule has 0 aliphatic rings. The lowest BCUT2D eigenvalue weighted by atomic mass is 10.0. The smallest absolute Gasteiger partial charge is 0.382 e. The second-order valence-corrected chi connectivity index (χ2v) is 7.77. The minimum absolute atomic E-state index is 0.147. The number of imidazole rings is 1. The minimum Gasteiger partial charge on any atom is -0.382 e. The Morgan fingerprint density at radius 3 is 2.61 bits per heavy atom. The Bertz CT molecular complexity index is 1630. The molecule has 2 aromatic heterocycles. The number of carbonyl (C=O) groups is 1. The molecule has 0 saturated carbocycles. The van der Waals surface area contributed by atoms with Gasteiger partial charge in [-0.15, -0.1) is 0 Å². The van der Waals surface area contributed by atoms with Crippen LogP contribution in [-0.2, 0) is 11.0 Å². The van der Waals surface area contributed by atoms with Gasteiger partial charge in [-0.25, -0.2) is 23.1 Å². The van der Waals surface area contributed by atoms with E-state index < -0.39 is 76.4 Å². The number of nitrogens with two attached hydrogens (primary N) is 1. The van der Waals surface area contributed by atoms with E-state index in [1.807, 2.05) is 5.32 Å². The van der Waals surface area contributed by atoms with Crippen molar-refractivity contribution in [3.8, 4) is 11.3 Å². The summed E-state index contributed by atoms with van der Waals surface area (Å²) in [6, 6.07) is 2.66. The molecule has 36 heavy (non-hydrogen) atoms. The lowest BCUT2D eigenvalue weighted by Crippen LogP contribution is -2.22. The molecule has 2 aromatic carbocycles. The van der Waals surface area contributed by atoms with E-state index in [0.29, 0.717) is 12.1 Å². The molecular weight excluding hydrogens is 516 g/mol. The topological polar surface area (TPSA) is 106 Å². The van der Waals surface area contributed by atoms with Crippen LogP contribution in [0.2, 0.25) is 5.15 Å². The molecule has 1 atom stereocenters. The Balaban J connectivity index is 1.73. The van der Waals surface area contributed by atoms with Crippen LogP contribution in [0.25, 0.3) is 16.8 Å². The highest BCUT2D eigenvalue weighted by Crippen LogP contribution is 2.35. The highest BCUT2D eigenvalue weighted by Gasteiger charge is 2.33. The summed E-state index contributed by atoms with van der Waals surface area (Å²) in [5.41, 5.74) is 1.41. The SMILES string of the molecule is [2H]C([2H])([2H])c1nc(-c2ccc(NC(=O)[C@@H](O)c3cc(F)cc(C(F)(F)F)c3)c(F)c2F)c2c(N)ncc(Cl)n12. The number of fused-ring (bicyclic) bond motifs is 1. The molecule has 0 aliphatic heterocycles. The van der Waals surface area contributed by atoms with Crippen molar-refractivity contribution < 1.29 is 40.4 Å². The maximum Gasteiger partial charge on any atom is 0.416 e. The summed E-state index contributed by atoms with van der Waals surface area (Å²) in [5.74, 6) is -7.17.